The normalized spacial score (nSPS) is 21.2. The summed E-state index contributed by atoms with van der Waals surface area (Å²) < 4.78 is 28.9. The lowest BCUT2D eigenvalue weighted by Gasteiger charge is -2.29. The Balaban J connectivity index is 1.38. The van der Waals surface area contributed by atoms with E-state index in [-0.39, 0.29) is 18.9 Å². The van der Waals surface area contributed by atoms with Crippen molar-refractivity contribution in [1.82, 2.24) is 15.7 Å². The SMILES string of the molecule is C[C@@](CCN1Cc2cc(C#CC#CC3CNC3)ccc2C1=O)(C(=O)NOC1CCCCO1)S(C)(=O)=O. The third-order valence-corrected chi connectivity index (χ3v) is 8.92. The zero-order valence-electron chi connectivity index (χ0n) is 20.6. The third-order valence-electron chi connectivity index (χ3n) is 6.89. The van der Waals surface area contributed by atoms with Crippen molar-refractivity contribution in [2.24, 2.45) is 5.92 Å². The predicted octanol–water partition coefficient (Wildman–Crippen LogP) is 0.985. The average Bonchev–Trinajstić information content (AvgIpc) is 3.14. The van der Waals surface area contributed by atoms with Gasteiger partial charge in [0.2, 0.25) is 0 Å². The number of hydrogen-bond donors (Lipinski definition) is 2. The van der Waals surface area contributed by atoms with Crippen LogP contribution in [-0.4, -0.2) is 68.7 Å². The summed E-state index contributed by atoms with van der Waals surface area (Å²) in [6.45, 7) is 4.08. The molecule has 10 heteroatoms. The first-order valence-corrected chi connectivity index (χ1v) is 14.0. The van der Waals surface area contributed by atoms with Crippen LogP contribution in [0.1, 0.15) is 54.1 Å². The summed E-state index contributed by atoms with van der Waals surface area (Å²) in [4.78, 5) is 32.7. The molecule has 1 unspecified atom stereocenters. The van der Waals surface area contributed by atoms with Gasteiger partial charge in [-0.3, -0.25) is 9.59 Å². The minimum Gasteiger partial charge on any atom is -0.350 e. The molecule has 1 aromatic rings. The largest absolute Gasteiger partial charge is 0.350 e. The maximum Gasteiger partial charge on any atom is 0.264 e. The Hall–Kier alpha value is -2.89. The zero-order chi connectivity index (χ0) is 25.8. The van der Waals surface area contributed by atoms with Gasteiger partial charge in [0.15, 0.2) is 20.9 Å². The molecule has 2 saturated heterocycles. The number of carbonyl (C=O) groups is 2. The van der Waals surface area contributed by atoms with E-state index >= 15 is 0 Å². The zero-order valence-corrected chi connectivity index (χ0v) is 21.4. The Morgan fingerprint density at radius 2 is 2.11 bits per heavy atom. The van der Waals surface area contributed by atoms with Gasteiger partial charge in [-0.2, -0.15) is 0 Å². The van der Waals surface area contributed by atoms with Gasteiger partial charge in [-0.25, -0.2) is 18.7 Å². The maximum absolute atomic E-state index is 12.9. The molecule has 4 rings (SSSR count). The van der Waals surface area contributed by atoms with Gasteiger partial charge in [0.05, 0.1) is 0 Å². The predicted molar refractivity (Wildman–Crippen MR) is 133 cm³/mol. The van der Waals surface area contributed by atoms with Crippen molar-refractivity contribution < 1.29 is 27.6 Å². The van der Waals surface area contributed by atoms with E-state index in [2.05, 4.69) is 34.5 Å². The lowest BCUT2D eigenvalue weighted by Crippen LogP contribution is -2.52. The van der Waals surface area contributed by atoms with Gasteiger partial charge in [0.1, 0.15) is 0 Å². The molecule has 2 N–H and O–H groups in total. The van der Waals surface area contributed by atoms with E-state index in [0.717, 1.165) is 43.3 Å². The number of nitrogens with one attached hydrogen (secondary N) is 2. The molecule has 2 amide bonds. The quantitative estimate of drug-likeness (QED) is 0.413. The van der Waals surface area contributed by atoms with Crippen LogP contribution < -0.4 is 10.8 Å². The number of benzene rings is 1. The van der Waals surface area contributed by atoms with Crippen LogP contribution in [0.2, 0.25) is 0 Å². The first kappa shape index (κ1) is 26.2. The van der Waals surface area contributed by atoms with Crippen molar-refractivity contribution in [3.63, 3.8) is 0 Å². The molecule has 192 valence electrons. The Bertz CT molecular complexity index is 1250. The first-order chi connectivity index (χ1) is 17.2. The minimum atomic E-state index is -3.82. The van der Waals surface area contributed by atoms with Gasteiger partial charge >= 0.3 is 0 Å². The van der Waals surface area contributed by atoms with E-state index < -0.39 is 26.8 Å². The number of nitrogens with zero attached hydrogens (tertiary/aromatic N) is 1. The van der Waals surface area contributed by atoms with Gasteiger partial charge in [0, 0.05) is 62.5 Å². The van der Waals surface area contributed by atoms with Crippen molar-refractivity contribution in [3.05, 3.63) is 34.9 Å². The van der Waals surface area contributed by atoms with Crippen molar-refractivity contribution >= 4 is 21.7 Å². The lowest BCUT2D eigenvalue weighted by molar-refractivity contribution is -0.201. The van der Waals surface area contributed by atoms with Crippen LogP contribution >= 0.6 is 0 Å². The molecule has 2 fully saturated rings. The van der Waals surface area contributed by atoms with E-state index in [9.17, 15) is 18.0 Å². The monoisotopic (exact) mass is 513 g/mol. The van der Waals surface area contributed by atoms with Gasteiger partial charge in [0.25, 0.3) is 11.8 Å². The van der Waals surface area contributed by atoms with Crippen molar-refractivity contribution in [3.8, 4) is 23.7 Å². The van der Waals surface area contributed by atoms with Crippen LogP contribution in [0.15, 0.2) is 18.2 Å². The Morgan fingerprint density at radius 1 is 1.31 bits per heavy atom. The number of hydrogen-bond acceptors (Lipinski definition) is 7. The fraction of sp³-hybridized carbons (Fsp3) is 0.538. The maximum atomic E-state index is 12.9. The van der Waals surface area contributed by atoms with Crippen LogP contribution in [0.5, 0.6) is 0 Å². The van der Waals surface area contributed by atoms with E-state index in [4.69, 9.17) is 9.57 Å². The molecule has 0 spiro atoms. The number of sulfone groups is 1. The van der Waals surface area contributed by atoms with E-state index in [1.165, 1.54) is 6.92 Å². The smallest absolute Gasteiger partial charge is 0.264 e. The highest BCUT2D eigenvalue weighted by molar-refractivity contribution is 7.92. The van der Waals surface area contributed by atoms with Crippen LogP contribution in [0.4, 0.5) is 0 Å². The molecule has 3 aliphatic heterocycles. The van der Waals surface area contributed by atoms with Crippen LogP contribution in [-0.2, 0) is 30.8 Å². The molecule has 36 heavy (non-hydrogen) atoms. The second kappa shape index (κ2) is 11.0. The van der Waals surface area contributed by atoms with E-state index in [0.29, 0.717) is 31.1 Å². The minimum absolute atomic E-state index is 0.0788. The molecule has 0 saturated carbocycles. The number of fused-ring (bicyclic) bond motifs is 1. The topological polar surface area (TPSA) is 114 Å². The Morgan fingerprint density at radius 3 is 2.78 bits per heavy atom. The average molecular weight is 514 g/mol. The summed E-state index contributed by atoms with van der Waals surface area (Å²) >= 11 is 0. The summed E-state index contributed by atoms with van der Waals surface area (Å²) in [5.41, 5.74) is 4.39. The highest BCUT2D eigenvalue weighted by atomic mass is 32.2. The molecule has 1 aromatic carbocycles. The summed E-state index contributed by atoms with van der Waals surface area (Å²) in [5, 5.41) is 3.16. The van der Waals surface area contributed by atoms with Crippen molar-refractivity contribution in [2.45, 2.75) is 50.2 Å². The van der Waals surface area contributed by atoms with Crippen LogP contribution in [0.25, 0.3) is 0 Å². The second-order valence-electron chi connectivity index (χ2n) is 9.57. The number of carbonyl (C=O) groups excluding carboxylic acids is 2. The highest BCUT2D eigenvalue weighted by Gasteiger charge is 2.45. The molecule has 0 aromatic heterocycles. The van der Waals surface area contributed by atoms with E-state index in [1.54, 1.807) is 17.0 Å². The number of amides is 2. The fourth-order valence-corrected chi connectivity index (χ4v) is 4.96. The molecular weight excluding hydrogens is 482 g/mol. The van der Waals surface area contributed by atoms with Gasteiger partial charge < -0.3 is 15.0 Å². The van der Waals surface area contributed by atoms with Crippen LogP contribution in [0.3, 0.4) is 0 Å². The molecule has 2 atom stereocenters. The summed E-state index contributed by atoms with van der Waals surface area (Å²) in [6, 6.07) is 5.36. The standard InChI is InChI=1S/C26H31N3O6S/c1-26(36(2,32)33,25(31)28-35-23-9-5-6-14-34-23)12-13-29-18-21-15-19(10-11-22(21)24(29)30)7-3-4-8-20-16-27-17-20/h10-11,15,20,23,27H,5-6,9,12-14,16-18H2,1-2H3,(H,28,31)/t23?,26-/m1/s1. The van der Waals surface area contributed by atoms with Gasteiger partial charge in [-0.05, 0) is 61.8 Å². The van der Waals surface area contributed by atoms with Crippen LogP contribution in [0, 0.1) is 29.6 Å². The molecular formula is C26H31N3O6S. The Labute approximate surface area is 212 Å². The first-order valence-electron chi connectivity index (χ1n) is 12.1. The van der Waals surface area contributed by atoms with Crippen molar-refractivity contribution in [1.29, 1.82) is 0 Å². The number of rotatable bonds is 7. The molecule has 3 aliphatic rings. The third kappa shape index (κ3) is 5.91. The van der Waals surface area contributed by atoms with Gasteiger partial charge in [-0.15, -0.1) is 0 Å². The molecule has 0 radical (unpaired) electrons. The summed E-state index contributed by atoms with van der Waals surface area (Å²) in [6.07, 6.45) is 2.78. The number of hydroxylamine groups is 1. The lowest BCUT2D eigenvalue weighted by atomic mass is 10.0. The summed E-state index contributed by atoms with van der Waals surface area (Å²) in [5.74, 6) is 11.2. The van der Waals surface area contributed by atoms with Gasteiger partial charge in [-0.1, -0.05) is 11.8 Å². The Kier molecular flexibility index (Phi) is 8.01. The molecule has 9 nitrogen and oxygen atoms in total. The number of ether oxygens (including phenoxy) is 1. The fourth-order valence-electron chi connectivity index (χ4n) is 4.12. The van der Waals surface area contributed by atoms with E-state index in [1.807, 2.05) is 6.07 Å². The highest BCUT2D eigenvalue weighted by Crippen LogP contribution is 2.28. The summed E-state index contributed by atoms with van der Waals surface area (Å²) in [7, 11) is -3.82. The van der Waals surface area contributed by atoms with Crippen molar-refractivity contribution in [2.75, 3.05) is 32.5 Å². The second-order valence-corrected chi connectivity index (χ2v) is 12.0. The molecule has 0 aliphatic carbocycles. The molecule has 3 heterocycles. The molecule has 0 bridgehead atoms.